The van der Waals surface area contributed by atoms with Gasteiger partial charge in [0.15, 0.2) is 5.13 Å². The van der Waals surface area contributed by atoms with Gasteiger partial charge in [0.25, 0.3) is 0 Å². The first-order valence-corrected chi connectivity index (χ1v) is 5.19. The van der Waals surface area contributed by atoms with Crippen LogP contribution in [0.5, 0.6) is 0 Å². The SMILES string of the molecule is CCNCCNc1ncc(C(=O)O)s1. The van der Waals surface area contributed by atoms with E-state index in [0.29, 0.717) is 5.13 Å². The Morgan fingerprint density at radius 3 is 3.00 bits per heavy atom. The Labute approximate surface area is 86.2 Å². The summed E-state index contributed by atoms with van der Waals surface area (Å²) >= 11 is 1.15. The number of likely N-dealkylation sites (N-methyl/N-ethyl adjacent to an activating group) is 1. The van der Waals surface area contributed by atoms with Gasteiger partial charge in [-0.25, -0.2) is 9.78 Å². The van der Waals surface area contributed by atoms with Gasteiger partial charge in [0.2, 0.25) is 0 Å². The van der Waals surface area contributed by atoms with Crippen LogP contribution in [0.1, 0.15) is 16.6 Å². The highest BCUT2D eigenvalue weighted by atomic mass is 32.1. The third kappa shape index (κ3) is 3.31. The fourth-order valence-corrected chi connectivity index (χ4v) is 1.57. The molecule has 0 bridgehead atoms. The van der Waals surface area contributed by atoms with Crippen LogP contribution in [-0.2, 0) is 0 Å². The van der Waals surface area contributed by atoms with E-state index in [1.807, 2.05) is 6.92 Å². The maximum Gasteiger partial charge on any atom is 0.347 e. The molecule has 0 aliphatic heterocycles. The van der Waals surface area contributed by atoms with Gasteiger partial charge in [-0.15, -0.1) is 0 Å². The number of hydrogen-bond acceptors (Lipinski definition) is 5. The van der Waals surface area contributed by atoms with Crippen LogP contribution in [0.2, 0.25) is 0 Å². The van der Waals surface area contributed by atoms with Crippen molar-refractivity contribution in [3.05, 3.63) is 11.1 Å². The topological polar surface area (TPSA) is 74.2 Å². The summed E-state index contributed by atoms with van der Waals surface area (Å²) in [6.07, 6.45) is 1.36. The Bertz CT molecular complexity index is 301. The molecule has 5 nitrogen and oxygen atoms in total. The zero-order valence-corrected chi connectivity index (χ0v) is 8.73. The van der Waals surface area contributed by atoms with Crippen LogP contribution < -0.4 is 10.6 Å². The van der Waals surface area contributed by atoms with Crippen molar-refractivity contribution in [3.63, 3.8) is 0 Å². The molecule has 0 atom stereocenters. The van der Waals surface area contributed by atoms with Crippen molar-refractivity contribution in [1.29, 1.82) is 0 Å². The molecule has 0 aromatic carbocycles. The number of aromatic carboxylic acids is 1. The Hall–Kier alpha value is -1.14. The molecule has 0 spiro atoms. The standard InChI is InChI=1S/C8H13N3O2S/c1-2-9-3-4-10-8-11-5-6(14-8)7(12)13/h5,9H,2-4H2,1H3,(H,10,11)(H,12,13). The molecule has 0 saturated carbocycles. The summed E-state index contributed by atoms with van der Waals surface area (Å²) in [6.45, 7) is 4.56. The number of rotatable bonds is 6. The van der Waals surface area contributed by atoms with Crippen LogP contribution in [0.3, 0.4) is 0 Å². The quantitative estimate of drug-likeness (QED) is 0.614. The first-order valence-electron chi connectivity index (χ1n) is 4.37. The normalized spacial score (nSPS) is 10.1. The fraction of sp³-hybridized carbons (Fsp3) is 0.500. The summed E-state index contributed by atoms with van der Waals surface area (Å²) < 4.78 is 0. The van der Waals surface area contributed by atoms with Crippen LogP contribution >= 0.6 is 11.3 Å². The van der Waals surface area contributed by atoms with Crippen molar-refractivity contribution in [2.24, 2.45) is 0 Å². The zero-order valence-electron chi connectivity index (χ0n) is 7.91. The molecule has 1 heterocycles. The molecule has 1 aromatic heterocycles. The molecule has 0 aliphatic rings. The summed E-state index contributed by atoms with van der Waals surface area (Å²) in [6, 6.07) is 0. The average Bonchev–Trinajstić information content (AvgIpc) is 2.61. The van der Waals surface area contributed by atoms with Crippen molar-refractivity contribution < 1.29 is 9.90 Å². The van der Waals surface area contributed by atoms with Crippen molar-refractivity contribution >= 4 is 22.4 Å². The van der Waals surface area contributed by atoms with E-state index >= 15 is 0 Å². The highest BCUT2D eigenvalue weighted by Gasteiger charge is 2.07. The smallest absolute Gasteiger partial charge is 0.347 e. The van der Waals surface area contributed by atoms with Gasteiger partial charge >= 0.3 is 5.97 Å². The van der Waals surface area contributed by atoms with Crippen molar-refractivity contribution in [2.75, 3.05) is 25.0 Å². The number of carbonyl (C=O) groups is 1. The molecule has 0 amide bonds. The lowest BCUT2D eigenvalue weighted by Crippen LogP contribution is -2.21. The van der Waals surface area contributed by atoms with Gasteiger partial charge in [0.1, 0.15) is 4.88 Å². The van der Waals surface area contributed by atoms with E-state index in [2.05, 4.69) is 15.6 Å². The predicted octanol–water partition coefficient (Wildman–Crippen LogP) is 0.863. The van der Waals surface area contributed by atoms with Crippen molar-refractivity contribution in [2.45, 2.75) is 6.92 Å². The van der Waals surface area contributed by atoms with Gasteiger partial charge in [0, 0.05) is 13.1 Å². The number of nitrogens with zero attached hydrogens (tertiary/aromatic N) is 1. The lowest BCUT2D eigenvalue weighted by atomic mass is 10.6. The van der Waals surface area contributed by atoms with Gasteiger partial charge in [-0.3, -0.25) is 0 Å². The molecule has 0 saturated heterocycles. The third-order valence-electron chi connectivity index (χ3n) is 1.54. The summed E-state index contributed by atoms with van der Waals surface area (Å²) in [5.41, 5.74) is 0. The highest BCUT2D eigenvalue weighted by Crippen LogP contribution is 2.17. The first kappa shape index (κ1) is 10.9. The van der Waals surface area contributed by atoms with E-state index in [0.717, 1.165) is 31.0 Å². The number of anilines is 1. The molecule has 0 radical (unpaired) electrons. The largest absolute Gasteiger partial charge is 0.477 e. The molecule has 0 fully saturated rings. The summed E-state index contributed by atoms with van der Waals surface area (Å²) in [4.78, 5) is 14.7. The molecular formula is C8H13N3O2S. The molecule has 1 aromatic rings. The highest BCUT2D eigenvalue weighted by molar-refractivity contribution is 7.17. The number of aromatic nitrogens is 1. The lowest BCUT2D eigenvalue weighted by molar-refractivity contribution is 0.0702. The van der Waals surface area contributed by atoms with Gasteiger partial charge in [-0.2, -0.15) is 0 Å². The van der Waals surface area contributed by atoms with E-state index < -0.39 is 5.97 Å². The molecule has 78 valence electrons. The summed E-state index contributed by atoms with van der Waals surface area (Å²) in [7, 11) is 0. The van der Waals surface area contributed by atoms with Crippen molar-refractivity contribution in [3.8, 4) is 0 Å². The Morgan fingerprint density at radius 2 is 2.43 bits per heavy atom. The van der Waals surface area contributed by atoms with Gasteiger partial charge < -0.3 is 15.7 Å². The summed E-state index contributed by atoms with van der Waals surface area (Å²) in [5, 5.41) is 15.5. The Kier molecular flexibility index (Phi) is 4.34. The molecular weight excluding hydrogens is 202 g/mol. The number of thiazole rings is 1. The van der Waals surface area contributed by atoms with Crippen LogP contribution in [-0.4, -0.2) is 35.7 Å². The second kappa shape index (κ2) is 5.56. The predicted molar refractivity (Wildman–Crippen MR) is 56.1 cm³/mol. The first-order chi connectivity index (χ1) is 6.74. The van der Waals surface area contributed by atoms with Gasteiger partial charge in [-0.05, 0) is 6.54 Å². The molecule has 14 heavy (non-hydrogen) atoms. The minimum absolute atomic E-state index is 0.260. The van der Waals surface area contributed by atoms with Crippen LogP contribution in [0.15, 0.2) is 6.20 Å². The molecule has 0 aliphatic carbocycles. The number of nitrogens with one attached hydrogen (secondary N) is 2. The second-order valence-electron chi connectivity index (χ2n) is 2.62. The van der Waals surface area contributed by atoms with Crippen molar-refractivity contribution in [1.82, 2.24) is 10.3 Å². The van der Waals surface area contributed by atoms with E-state index in [1.54, 1.807) is 0 Å². The number of carboxylic acids is 1. The maximum absolute atomic E-state index is 10.5. The minimum Gasteiger partial charge on any atom is -0.477 e. The van der Waals surface area contributed by atoms with E-state index in [1.165, 1.54) is 6.20 Å². The lowest BCUT2D eigenvalue weighted by Gasteiger charge is -2.01. The van der Waals surface area contributed by atoms with Gasteiger partial charge in [-0.1, -0.05) is 18.3 Å². The summed E-state index contributed by atoms with van der Waals surface area (Å²) in [5.74, 6) is -0.928. The van der Waals surface area contributed by atoms with Crippen LogP contribution in [0, 0.1) is 0 Å². The van der Waals surface area contributed by atoms with E-state index in [4.69, 9.17) is 5.11 Å². The maximum atomic E-state index is 10.5. The Morgan fingerprint density at radius 1 is 1.64 bits per heavy atom. The second-order valence-corrected chi connectivity index (χ2v) is 3.65. The zero-order chi connectivity index (χ0) is 10.4. The number of carboxylic acid groups (broad SMARTS) is 1. The Balaban J connectivity index is 2.33. The fourth-order valence-electron chi connectivity index (χ4n) is 0.889. The average molecular weight is 215 g/mol. The molecule has 1 rings (SSSR count). The minimum atomic E-state index is -0.928. The monoisotopic (exact) mass is 215 g/mol. The molecule has 6 heteroatoms. The molecule has 0 unspecified atom stereocenters. The third-order valence-corrected chi connectivity index (χ3v) is 2.49. The van der Waals surface area contributed by atoms with Crippen LogP contribution in [0.25, 0.3) is 0 Å². The number of hydrogen-bond donors (Lipinski definition) is 3. The van der Waals surface area contributed by atoms with E-state index in [9.17, 15) is 4.79 Å². The van der Waals surface area contributed by atoms with Gasteiger partial charge in [0.05, 0.1) is 6.20 Å². The van der Waals surface area contributed by atoms with Crippen LogP contribution in [0.4, 0.5) is 5.13 Å². The molecule has 3 N–H and O–H groups in total. The van der Waals surface area contributed by atoms with E-state index in [-0.39, 0.29) is 4.88 Å².